The van der Waals surface area contributed by atoms with Crippen LogP contribution in [0.15, 0.2) is 53.6 Å². The Labute approximate surface area is 160 Å². The monoisotopic (exact) mass is 367 g/mol. The predicted molar refractivity (Wildman–Crippen MR) is 107 cm³/mol. The number of hydrogen-bond acceptors (Lipinski definition) is 5. The van der Waals surface area contributed by atoms with Crippen molar-refractivity contribution < 1.29 is 14.0 Å². The number of benzene rings is 2. The van der Waals surface area contributed by atoms with Crippen molar-refractivity contribution in [1.29, 1.82) is 0 Å². The number of hydrogen-bond donors (Lipinski definition) is 2. The number of quaternary nitrogens is 1. The predicted octanol–water partition coefficient (Wildman–Crippen LogP) is 1.91. The van der Waals surface area contributed by atoms with E-state index in [2.05, 4.69) is 53.9 Å². The standard InChI is InChI=1S/C21H27N4O2/c1-25(15-21(26)27-2)12-11-23-14-20(25)19-9-7-18(8-10-19)17-5-3-16(4-6-17)13-24-22/h3-10,13,20,23H,11-12,14-15,22H2,1-2H3/q+1. The maximum Gasteiger partial charge on any atom is 0.361 e. The van der Waals surface area contributed by atoms with Crippen LogP contribution < -0.4 is 11.2 Å². The number of esters is 1. The number of nitrogens with one attached hydrogen (secondary N) is 1. The van der Waals surface area contributed by atoms with E-state index in [4.69, 9.17) is 10.6 Å². The second kappa shape index (κ2) is 8.33. The van der Waals surface area contributed by atoms with Crippen LogP contribution in [0.5, 0.6) is 0 Å². The largest absolute Gasteiger partial charge is 0.465 e. The van der Waals surface area contributed by atoms with Crippen LogP contribution in [0.4, 0.5) is 0 Å². The molecule has 0 aromatic heterocycles. The van der Waals surface area contributed by atoms with Gasteiger partial charge in [-0.1, -0.05) is 48.5 Å². The molecule has 0 spiro atoms. The molecule has 6 nitrogen and oxygen atoms in total. The Balaban J connectivity index is 1.81. The Bertz CT molecular complexity index is 802. The van der Waals surface area contributed by atoms with E-state index in [1.807, 2.05) is 12.1 Å². The zero-order valence-electron chi connectivity index (χ0n) is 15.9. The summed E-state index contributed by atoms with van der Waals surface area (Å²) >= 11 is 0. The molecule has 1 aliphatic heterocycles. The smallest absolute Gasteiger partial charge is 0.361 e. The molecular formula is C21H27N4O2+. The highest BCUT2D eigenvalue weighted by molar-refractivity contribution is 5.80. The summed E-state index contributed by atoms with van der Waals surface area (Å²) in [6.07, 6.45) is 1.63. The molecule has 0 radical (unpaired) electrons. The van der Waals surface area contributed by atoms with Crippen LogP contribution in [0.3, 0.4) is 0 Å². The fourth-order valence-corrected chi connectivity index (χ4v) is 3.72. The molecule has 6 heteroatoms. The van der Waals surface area contributed by atoms with Crippen LogP contribution in [-0.4, -0.2) is 57.0 Å². The number of likely N-dealkylation sites (N-methyl/N-ethyl adjacent to an activating group) is 1. The highest BCUT2D eigenvalue weighted by Gasteiger charge is 2.38. The van der Waals surface area contributed by atoms with Gasteiger partial charge in [0.2, 0.25) is 0 Å². The molecule has 2 aromatic rings. The summed E-state index contributed by atoms with van der Waals surface area (Å²) in [6.45, 7) is 3.03. The molecule has 27 heavy (non-hydrogen) atoms. The van der Waals surface area contributed by atoms with Gasteiger partial charge in [-0.3, -0.25) is 0 Å². The highest BCUT2D eigenvalue weighted by atomic mass is 16.5. The van der Waals surface area contributed by atoms with Crippen LogP contribution in [0.1, 0.15) is 17.2 Å². The molecule has 0 aliphatic carbocycles. The lowest BCUT2D eigenvalue weighted by Crippen LogP contribution is -2.59. The molecule has 3 N–H and O–H groups in total. The molecule has 0 amide bonds. The van der Waals surface area contributed by atoms with Crippen LogP contribution in [0.2, 0.25) is 0 Å². The van der Waals surface area contributed by atoms with E-state index >= 15 is 0 Å². The van der Waals surface area contributed by atoms with Crippen molar-refractivity contribution in [2.24, 2.45) is 10.9 Å². The summed E-state index contributed by atoms with van der Waals surface area (Å²) in [5, 5.41) is 7.00. The minimum atomic E-state index is -0.165. The van der Waals surface area contributed by atoms with Gasteiger partial charge in [-0.25, -0.2) is 4.79 Å². The van der Waals surface area contributed by atoms with Crippen LogP contribution in [-0.2, 0) is 9.53 Å². The molecule has 0 saturated carbocycles. The average molecular weight is 367 g/mol. The number of nitrogens with zero attached hydrogens (tertiary/aromatic N) is 2. The average Bonchev–Trinajstić information content (AvgIpc) is 2.69. The Morgan fingerprint density at radius 3 is 2.44 bits per heavy atom. The molecule has 3 rings (SSSR count). The lowest BCUT2D eigenvalue weighted by molar-refractivity contribution is -0.934. The molecule has 2 aromatic carbocycles. The lowest BCUT2D eigenvalue weighted by Gasteiger charge is -2.44. The number of rotatable bonds is 5. The van der Waals surface area contributed by atoms with Crippen molar-refractivity contribution in [3.05, 3.63) is 59.7 Å². The van der Waals surface area contributed by atoms with Crippen molar-refractivity contribution in [1.82, 2.24) is 5.32 Å². The summed E-state index contributed by atoms with van der Waals surface area (Å²) in [7, 11) is 3.58. The first-order valence-corrected chi connectivity index (χ1v) is 9.11. The zero-order valence-corrected chi connectivity index (χ0v) is 15.9. The maximum atomic E-state index is 11.9. The zero-order chi connectivity index (χ0) is 19.3. The van der Waals surface area contributed by atoms with E-state index in [-0.39, 0.29) is 12.0 Å². The Morgan fingerprint density at radius 2 is 1.85 bits per heavy atom. The van der Waals surface area contributed by atoms with Crippen molar-refractivity contribution in [2.75, 3.05) is 40.3 Å². The Kier molecular flexibility index (Phi) is 5.88. The number of carbonyl (C=O) groups excluding carboxylic acids is 1. The van der Waals surface area contributed by atoms with E-state index in [1.54, 1.807) is 6.21 Å². The van der Waals surface area contributed by atoms with Crippen LogP contribution in [0.25, 0.3) is 11.1 Å². The van der Waals surface area contributed by atoms with E-state index in [0.717, 1.165) is 36.3 Å². The van der Waals surface area contributed by atoms with Gasteiger partial charge in [-0.2, -0.15) is 5.10 Å². The van der Waals surface area contributed by atoms with Crippen LogP contribution >= 0.6 is 0 Å². The van der Waals surface area contributed by atoms with Gasteiger partial charge in [0.1, 0.15) is 6.04 Å². The molecule has 1 aliphatic rings. The SMILES string of the molecule is COC(=O)C[N+]1(C)CCNCC1c1ccc(-c2ccc(C=NN)cc2)cc1. The summed E-state index contributed by atoms with van der Waals surface area (Å²) in [5.41, 5.74) is 4.50. The topological polar surface area (TPSA) is 76.7 Å². The molecule has 1 fully saturated rings. The van der Waals surface area contributed by atoms with Gasteiger partial charge in [-0.15, -0.1) is 0 Å². The van der Waals surface area contributed by atoms with Gasteiger partial charge in [0, 0.05) is 12.1 Å². The van der Waals surface area contributed by atoms with E-state index in [1.165, 1.54) is 12.7 Å². The quantitative estimate of drug-likeness (QED) is 0.278. The van der Waals surface area contributed by atoms with Crippen molar-refractivity contribution >= 4 is 12.2 Å². The lowest BCUT2D eigenvalue weighted by atomic mass is 9.97. The summed E-state index contributed by atoms with van der Waals surface area (Å²) in [5.74, 6) is 5.03. The minimum absolute atomic E-state index is 0.165. The first kappa shape index (κ1) is 19.1. The summed E-state index contributed by atoms with van der Waals surface area (Å²) in [6, 6.07) is 16.9. The number of methoxy groups -OCH3 is 1. The fraction of sp³-hybridized carbons (Fsp3) is 0.333. The Hall–Kier alpha value is -2.70. The third kappa shape index (κ3) is 4.35. The second-order valence-electron chi connectivity index (χ2n) is 7.18. The number of piperazine rings is 1. The van der Waals surface area contributed by atoms with Gasteiger partial charge in [0.25, 0.3) is 0 Å². The first-order chi connectivity index (χ1) is 13.1. The number of carbonyl (C=O) groups is 1. The van der Waals surface area contributed by atoms with Gasteiger partial charge in [-0.05, 0) is 16.7 Å². The first-order valence-electron chi connectivity index (χ1n) is 9.11. The van der Waals surface area contributed by atoms with E-state index in [0.29, 0.717) is 11.0 Å². The van der Waals surface area contributed by atoms with E-state index < -0.39 is 0 Å². The number of hydrazone groups is 1. The third-order valence-electron chi connectivity index (χ3n) is 5.37. The summed E-state index contributed by atoms with van der Waals surface area (Å²) in [4.78, 5) is 11.9. The third-order valence-corrected chi connectivity index (χ3v) is 5.37. The maximum absolute atomic E-state index is 11.9. The van der Waals surface area contributed by atoms with Crippen molar-refractivity contribution in [3.8, 4) is 11.1 Å². The van der Waals surface area contributed by atoms with E-state index in [9.17, 15) is 4.79 Å². The summed E-state index contributed by atoms with van der Waals surface area (Å²) < 4.78 is 5.57. The second-order valence-corrected chi connectivity index (χ2v) is 7.18. The van der Waals surface area contributed by atoms with Gasteiger partial charge >= 0.3 is 5.97 Å². The molecule has 0 bridgehead atoms. The molecule has 142 valence electrons. The normalized spacial score (nSPS) is 22.7. The Morgan fingerprint density at radius 1 is 1.22 bits per heavy atom. The highest BCUT2D eigenvalue weighted by Crippen LogP contribution is 2.30. The number of ether oxygens (including phenoxy) is 1. The van der Waals surface area contributed by atoms with Gasteiger partial charge in [0.15, 0.2) is 6.54 Å². The molecule has 2 unspecified atom stereocenters. The van der Waals surface area contributed by atoms with Gasteiger partial charge < -0.3 is 20.4 Å². The molecule has 2 atom stereocenters. The fourth-order valence-electron chi connectivity index (χ4n) is 3.72. The molecular weight excluding hydrogens is 340 g/mol. The molecule has 1 saturated heterocycles. The van der Waals surface area contributed by atoms with Gasteiger partial charge in [0.05, 0.1) is 33.5 Å². The van der Waals surface area contributed by atoms with Crippen LogP contribution in [0, 0.1) is 0 Å². The van der Waals surface area contributed by atoms with Crippen molar-refractivity contribution in [2.45, 2.75) is 6.04 Å². The minimum Gasteiger partial charge on any atom is -0.465 e. The van der Waals surface area contributed by atoms with Crippen molar-refractivity contribution in [3.63, 3.8) is 0 Å². The molecule has 1 heterocycles. The number of nitrogens with two attached hydrogens (primary N) is 1.